The van der Waals surface area contributed by atoms with Crippen LogP contribution in [0, 0.1) is 0 Å². The minimum atomic E-state index is -0.344. The minimum Gasteiger partial charge on any atom is -0.382 e. The smallest absolute Gasteiger partial charge is 0.0916 e. The molecular formula is C28H63FO8. The van der Waals surface area contributed by atoms with Gasteiger partial charge in [-0.1, -0.05) is 67.2 Å². The Bertz CT molecular complexity index is 288. The number of ether oxygens (including phenoxy) is 8. The van der Waals surface area contributed by atoms with E-state index in [-0.39, 0.29) is 6.67 Å². The van der Waals surface area contributed by atoms with E-state index in [0.29, 0.717) is 106 Å². The topological polar surface area (TPSA) is 73.8 Å². The summed E-state index contributed by atoms with van der Waals surface area (Å²) in [5, 5.41) is 0. The molecule has 9 heteroatoms. The standard InChI is InChI=1S/C18H37FO8.C6H14.2C2H6/c1-20-5-6-22-9-10-24-13-14-26-17-18-27-16-15-25-12-11-23-8-7-21-4-2-3-19;1-3-5-6-4-2;2*1-2/h2-18H2,1H3;3-6H2,1-2H3;2*1-2H3. The van der Waals surface area contributed by atoms with Crippen molar-refractivity contribution < 1.29 is 42.3 Å². The van der Waals surface area contributed by atoms with Gasteiger partial charge in [0.25, 0.3) is 0 Å². The van der Waals surface area contributed by atoms with Gasteiger partial charge in [-0.3, -0.25) is 4.39 Å². The molecule has 0 atom stereocenters. The zero-order valence-electron chi connectivity index (χ0n) is 25.5. The molecule has 0 aromatic heterocycles. The molecule has 0 amide bonds. The first-order chi connectivity index (χ1) is 18.3. The maximum Gasteiger partial charge on any atom is 0.0916 e. The van der Waals surface area contributed by atoms with Crippen molar-refractivity contribution >= 4 is 0 Å². The van der Waals surface area contributed by atoms with Crippen molar-refractivity contribution in [3.05, 3.63) is 0 Å². The average Bonchev–Trinajstić information content (AvgIpc) is 2.95. The summed E-state index contributed by atoms with van der Waals surface area (Å²) in [5.74, 6) is 0. The molecule has 8 nitrogen and oxygen atoms in total. The maximum absolute atomic E-state index is 11.8. The van der Waals surface area contributed by atoms with Crippen LogP contribution >= 0.6 is 0 Å². The monoisotopic (exact) mass is 546 g/mol. The molecule has 0 unspecified atom stereocenters. The van der Waals surface area contributed by atoms with Crippen LogP contribution in [0.15, 0.2) is 0 Å². The summed E-state index contributed by atoms with van der Waals surface area (Å²) < 4.78 is 53.9. The first kappa shape index (κ1) is 43.7. The van der Waals surface area contributed by atoms with E-state index >= 15 is 0 Å². The second-order valence-electron chi connectivity index (χ2n) is 7.03. The predicted molar refractivity (Wildman–Crippen MR) is 151 cm³/mol. The fraction of sp³-hybridized carbons (Fsp3) is 1.00. The van der Waals surface area contributed by atoms with Gasteiger partial charge in [-0.2, -0.15) is 0 Å². The summed E-state index contributed by atoms with van der Waals surface area (Å²) in [5.41, 5.74) is 0. The third-order valence-electron chi connectivity index (χ3n) is 4.04. The Balaban J connectivity index is -0.000000465. The lowest BCUT2D eigenvalue weighted by molar-refractivity contribution is -0.0222. The number of halogens is 1. The van der Waals surface area contributed by atoms with Crippen LogP contribution in [0.25, 0.3) is 0 Å². The Morgan fingerprint density at radius 1 is 0.378 bits per heavy atom. The largest absolute Gasteiger partial charge is 0.382 e. The molecule has 0 aliphatic rings. The van der Waals surface area contributed by atoms with E-state index in [1.54, 1.807) is 7.11 Å². The molecule has 0 aromatic carbocycles. The van der Waals surface area contributed by atoms with Crippen LogP contribution in [0.5, 0.6) is 0 Å². The zero-order chi connectivity index (χ0) is 28.5. The highest BCUT2D eigenvalue weighted by Crippen LogP contribution is 1.95. The quantitative estimate of drug-likeness (QED) is 0.121. The number of hydrogen-bond acceptors (Lipinski definition) is 8. The highest BCUT2D eigenvalue weighted by Gasteiger charge is 1.94. The highest BCUT2D eigenvalue weighted by atomic mass is 19.1. The summed E-state index contributed by atoms with van der Waals surface area (Å²) in [6.45, 7) is 20.0. The lowest BCUT2D eigenvalue weighted by Crippen LogP contribution is -2.14. The summed E-state index contributed by atoms with van der Waals surface area (Å²) in [4.78, 5) is 0. The van der Waals surface area contributed by atoms with Gasteiger partial charge in [-0.05, 0) is 6.42 Å². The first-order valence-electron chi connectivity index (χ1n) is 14.4. The molecule has 0 saturated carbocycles. The van der Waals surface area contributed by atoms with Gasteiger partial charge in [0.1, 0.15) is 0 Å². The highest BCUT2D eigenvalue weighted by molar-refractivity contribution is 4.38. The van der Waals surface area contributed by atoms with E-state index < -0.39 is 0 Å². The molecule has 0 N–H and O–H groups in total. The molecule has 0 saturated heterocycles. The number of rotatable bonds is 27. The Morgan fingerprint density at radius 3 is 0.838 bits per heavy atom. The van der Waals surface area contributed by atoms with Crippen molar-refractivity contribution in [3.8, 4) is 0 Å². The van der Waals surface area contributed by atoms with E-state index in [1.807, 2.05) is 27.7 Å². The van der Waals surface area contributed by atoms with Crippen LogP contribution in [0.3, 0.4) is 0 Å². The number of unbranched alkanes of at least 4 members (excludes halogenated alkanes) is 3. The van der Waals surface area contributed by atoms with Gasteiger partial charge in [0.15, 0.2) is 0 Å². The number of alkyl halides is 1. The van der Waals surface area contributed by atoms with Gasteiger partial charge in [0, 0.05) is 13.7 Å². The molecule has 0 heterocycles. The second kappa shape index (κ2) is 52.1. The fourth-order valence-electron chi connectivity index (χ4n) is 2.22. The van der Waals surface area contributed by atoms with Crippen LogP contribution in [0.1, 0.15) is 73.6 Å². The number of methoxy groups -OCH3 is 1. The lowest BCUT2D eigenvalue weighted by Gasteiger charge is -2.08. The molecule has 0 radical (unpaired) electrons. The Morgan fingerprint density at radius 2 is 0.622 bits per heavy atom. The fourth-order valence-corrected chi connectivity index (χ4v) is 2.22. The van der Waals surface area contributed by atoms with Crippen LogP contribution in [-0.4, -0.2) is 113 Å². The van der Waals surface area contributed by atoms with E-state index in [2.05, 4.69) is 13.8 Å². The summed E-state index contributed by atoms with van der Waals surface area (Å²) >= 11 is 0. The van der Waals surface area contributed by atoms with E-state index in [9.17, 15) is 4.39 Å². The molecule has 230 valence electrons. The van der Waals surface area contributed by atoms with Crippen LogP contribution in [0.4, 0.5) is 4.39 Å². The van der Waals surface area contributed by atoms with Crippen molar-refractivity contribution in [3.63, 3.8) is 0 Å². The van der Waals surface area contributed by atoms with E-state index in [0.717, 1.165) is 0 Å². The second-order valence-corrected chi connectivity index (χ2v) is 7.03. The zero-order valence-corrected chi connectivity index (χ0v) is 25.5. The Labute approximate surface area is 229 Å². The van der Waals surface area contributed by atoms with Crippen molar-refractivity contribution in [2.45, 2.75) is 73.6 Å². The molecule has 0 spiro atoms. The SMILES string of the molecule is CC.CC.CCCCCC.COCCOCCOCCOCCOCCOCCOCCOCCCF. The van der Waals surface area contributed by atoms with Gasteiger partial charge >= 0.3 is 0 Å². The van der Waals surface area contributed by atoms with Crippen LogP contribution in [-0.2, 0) is 37.9 Å². The van der Waals surface area contributed by atoms with Crippen molar-refractivity contribution in [2.75, 3.05) is 113 Å². The molecule has 37 heavy (non-hydrogen) atoms. The molecule has 0 aliphatic carbocycles. The van der Waals surface area contributed by atoms with Crippen molar-refractivity contribution in [1.29, 1.82) is 0 Å². The van der Waals surface area contributed by atoms with E-state index in [1.165, 1.54) is 25.7 Å². The Kier molecular flexibility index (Phi) is 61.5. The van der Waals surface area contributed by atoms with Gasteiger partial charge in [-0.25, -0.2) is 0 Å². The summed E-state index contributed by atoms with van der Waals surface area (Å²) in [6, 6.07) is 0. The summed E-state index contributed by atoms with van der Waals surface area (Å²) in [7, 11) is 1.64. The molecule has 0 bridgehead atoms. The van der Waals surface area contributed by atoms with Crippen molar-refractivity contribution in [1.82, 2.24) is 0 Å². The van der Waals surface area contributed by atoms with E-state index in [4.69, 9.17) is 37.9 Å². The van der Waals surface area contributed by atoms with Gasteiger partial charge in [0.2, 0.25) is 0 Å². The van der Waals surface area contributed by atoms with Crippen molar-refractivity contribution in [2.24, 2.45) is 0 Å². The third kappa shape index (κ3) is 56.8. The maximum atomic E-state index is 11.8. The molecule has 0 aromatic rings. The van der Waals surface area contributed by atoms with Crippen LogP contribution in [0.2, 0.25) is 0 Å². The predicted octanol–water partition coefficient (Wildman–Crippen LogP) is 5.75. The summed E-state index contributed by atoms with van der Waals surface area (Å²) in [6.07, 6.45) is 5.97. The van der Waals surface area contributed by atoms with Gasteiger partial charge < -0.3 is 37.9 Å². The minimum absolute atomic E-state index is 0.344. The molecular weight excluding hydrogens is 483 g/mol. The van der Waals surface area contributed by atoms with Gasteiger partial charge in [0.05, 0.1) is 99.2 Å². The van der Waals surface area contributed by atoms with Gasteiger partial charge in [-0.15, -0.1) is 0 Å². The normalized spacial score (nSPS) is 10.1. The molecule has 0 rings (SSSR count). The first-order valence-corrected chi connectivity index (χ1v) is 14.4. The third-order valence-corrected chi connectivity index (χ3v) is 4.04. The average molecular weight is 547 g/mol. The molecule has 0 aliphatic heterocycles. The molecule has 0 fully saturated rings. The lowest BCUT2D eigenvalue weighted by atomic mass is 10.2. The Hall–Kier alpha value is -0.390. The van der Waals surface area contributed by atoms with Crippen LogP contribution < -0.4 is 0 Å². The number of hydrogen-bond donors (Lipinski definition) is 0.